The fourth-order valence-electron chi connectivity index (χ4n) is 5.48. The second-order valence-corrected chi connectivity index (χ2v) is 13.7. The molecule has 0 bridgehead atoms. The topological polar surface area (TPSA) is 170 Å². The third kappa shape index (κ3) is 9.88. The van der Waals surface area contributed by atoms with Gasteiger partial charge in [0.1, 0.15) is 22.9 Å². The molecular formula is C37H39FN2O10S. The maximum absolute atomic E-state index is 13.6. The lowest BCUT2D eigenvalue weighted by Crippen LogP contribution is -2.29. The molecule has 12 nitrogen and oxygen atoms in total. The summed E-state index contributed by atoms with van der Waals surface area (Å²) in [5.74, 6) is -3.03. The molecule has 0 spiro atoms. The zero-order valence-electron chi connectivity index (χ0n) is 28.2. The Hall–Kier alpha value is -4.89. The Morgan fingerprint density at radius 2 is 1.76 bits per heavy atom. The number of sulfonamides is 1. The molecule has 1 saturated carbocycles. The van der Waals surface area contributed by atoms with Gasteiger partial charge in [-0.15, -0.1) is 0 Å². The van der Waals surface area contributed by atoms with Crippen molar-refractivity contribution in [3.63, 3.8) is 0 Å². The number of amides is 1. The van der Waals surface area contributed by atoms with E-state index in [-0.39, 0.29) is 68.7 Å². The zero-order valence-corrected chi connectivity index (χ0v) is 29.0. The first-order valence-electron chi connectivity index (χ1n) is 16.4. The molecule has 5 rings (SSSR count). The van der Waals surface area contributed by atoms with Gasteiger partial charge in [-0.25, -0.2) is 22.3 Å². The van der Waals surface area contributed by atoms with Gasteiger partial charge < -0.3 is 29.1 Å². The number of ether oxygens (including phenoxy) is 3. The molecule has 4 aromatic rings. The van der Waals surface area contributed by atoms with E-state index < -0.39 is 27.6 Å². The van der Waals surface area contributed by atoms with Crippen LogP contribution in [-0.4, -0.2) is 71.2 Å². The third-order valence-corrected chi connectivity index (χ3v) is 9.38. The van der Waals surface area contributed by atoms with E-state index in [0.717, 1.165) is 24.5 Å². The summed E-state index contributed by atoms with van der Waals surface area (Å²) in [6.45, 7) is 2.36. The number of ketones is 1. The molecule has 0 aliphatic heterocycles. The molecule has 0 unspecified atom stereocenters. The SMILES string of the molecule is CCOC(=O)C(=O)C=C(O)c1cccc(COCCOCCNS(=O)(=O)Cc2cc3oc(-c4ccc(F)cc4)c(C(=O)NC)c3cc2C2CC2)c1. The minimum absolute atomic E-state index is 0.0395. The van der Waals surface area contributed by atoms with Crippen LogP contribution in [0, 0.1) is 5.82 Å². The van der Waals surface area contributed by atoms with Crippen molar-refractivity contribution in [1.82, 2.24) is 10.0 Å². The number of esters is 1. The van der Waals surface area contributed by atoms with E-state index in [9.17, 15) is 32.3 Å². The van der Waals surface area contributed by atoms with Gasteiger partial charge in [-0.1, -0.05) is 18.2 Å². The summed E-state index contributed by atoms with van der Waals surface area (Å²) in [6, 6.07) is 15.8. The van der Waals surface area contributed by atoms with E-state index in [1.54, 1.807) is 37.3 Å². The van der Waals surface area contributed by atoms with Crippen molar-refractivity contribution in [2.24, 2.45) is 0 Å². The summed E-state index contributed by atoms with van der Waals surface area (Å²) in [5, 5.41) is 13.4. The number of aliphatic hydroxyl groups is 1. The molecule has 3 N–H and O–H groups in total. The van der Waals surface area contributed by atoms with Gasteiger partial charge in [-0.05, 0) is 84.8 Å². The standard InChI is InChI=1S/C37H39FN2O10S/c1-3-49-37(44)32(42)20-31(41)26-6-4-5-23(17-26)21-48-16-15-47-14-13-40-51(45,46)22-27-18-33-30(19-29(27)24-7-8-24)34(36(43)39-2)35(50-33)25-9-11-28(38)12-10-25/h4-6,9-12,17-20,24,40-41H,3,7-8,13-16,21-22H2,1-2H3,(H,39,43). The minimum atomic E-state index is -3.77. The quantitative estimate of drug-likeness (QED) is 0.0410. The van der Waals surface area contributed by atoms with Gasteiger partial charge in [0.05, 0.1) is 44.4 Å². The zero-order chi connectivity index (χ0) is 36.5. The van der Waals surface area contributed by atoms with Crippen LogP contribution >= 0.6 is 0 Å². The van der Waals surface area contributed by atoms with Gasteiger partial charge in [0.25, 0.3) is 11.7 Å². The van der Waals surface area contributed by atoms with Crippen molar-refractivity contribution in [2.75, 3.05) is 40.0 Å². The van der Waals surface area contributed by atoms with Crippen LogP contribution in [0.2, 0.25) is 0 Å². The highest BCUT2D eigenvalue weighted by atomic mass is 32.2. The lowest BCUT2D eigenvalue weighted by atomic mass is 9.98. The van der Waals surface area contributed by atoms with Crippen molar-refractivity contribution >= 4 is 44.4 Å². The molecule has 1 fully saturated rings. The molecule has 3 aromatic carbocycles. The Balaban J connectivity index is 1.13. The Morgan fingerprint density at radius 1 is 1.02 bits per heavy atom. The molecule has 1 aliphatic rings. The van der Waals surface area contributed by atoms with Gasteiger partial charge in [0, 0.05) is 36.2 Å². The third-order valence-electron chi connectivity index (χ3n) is 8.05. The monoisotopic (exact) mass is 722 g/mol. The first-order valence-corrected chi connectivity index (χ1v) is 18.1. The molecule has 270 valence electrons. The molecule has 0 radical (unpaired) electrons. The van der Waals surface area contributed by atoms with E-state index in [1.807, 2.05) is 6.07 Å². The molecule has 1 heterocycles. The Morgan fingerprint density at radius 3 is 2.47 bits per heavy atom. The maximum atomic E-state index is 13.6. The number of carbonyl (C=O) groups excluding carboxylic acids is 3. The molecule has 51 heavy (non-hydrogen) atoms. The van der Waals surface area contributed by atoms with Crippen molar-refractivity contribution in [2.45, 2.75) is 38.0 Å². The summed E-state index contributed by atoms with van der Waals surface area (Å²) in [5.41, 5.74) is 3.64. The number of furan rings is 1. The highest BCUT2D eigenvalue weighted by Gasteiger charge is 2.31. The normalized spacial score (nSPS) is 13.4. The first-order chi connectivity index (χ1) is 24.5. The Labute approximate surface area is 294 Å². The van der Waals surface area contributed by atoms with Crippen molar-refractivity contribution in [3.05, 3.63) is 100 Å². The summed E-state index contributed by atoms with van der Waals surface area (Å²) >= 11 is 0. The van der Waals surface area contributed by atoms with Crippen LogP contribution in [0.4, 0.5) is 4.39 Å². The number of fused-ring (bicyclic) bond motifs is 1. The molecule has 1 aliphatic carbocycles. The predicted octanol–water partition coefficient (Wildman–Crippen LogP) is 5.16. The number of nitrogens with one attached hydrogen (secondary N) is 2. The smallest absolute Gasteiger partial charge is 0.379 e. The summed E-state index contributed by atoms with van der Waals surface area (Å²) in [6.07, 6.45) is 2.62. The van der Waals surface area contributed by atoms with Gasteiger partial charge >= 0.3 is 5.97 Å². The lowest BCUT2D eigenvalue weighted by molar-refractivity contribution is -0.151. The second-order valence-electron chi connectivity index (χ2n) is 11.8. The summed E-state index contributed by atoms with van der Waals surface area (Å²) in [4.78, 5) is 36.3. The molecular weight excluding hydrogens is 683 g/mol. The van der Waals surface area contributed by atoms with Gasteiger partial charge in [-0.2, -0.15) is 0 Å². The fourth-order valence-corrected chi connectivity index (χ4v) is 6.64. The number of rotatable bonds is 18. The van der Waals surface area contributed by atoms with E-state index >= 15 is 0 Å². The number of halogens is 1. The Kier molecular flexibility index (Phi) is 12.4. The van der Waals surface area contributed by atoms with E-state index in [2.05, 4.69) is 14.8 Å². The van der Waals surface area contributed by atoms with Gasteiger partial charge in [-0.3, -0.25) is 9.59 Å². The largest absolute Gasteiger partial charge is 0.507 e. The average Bonchev–Trinajstić information content (AvgIpc) is 3.89. The Bertz CT molecular complexity index is 2040. The minimum Gasteiger partial charge on any atom is -0.507 e. The second kappa shape index (κ2) is 16.9. The van der Waals surface area contributed by atoms with Crippen molar-refractivity contribution in [1.29, 1.82) is 0 Å². The predicted molar refractivity (Wildman–Crippen MR) is 187 cm³/mol. The molecule has 1 aromatic heterocycles. The lowest BCUT2D eigenvalue weighted by Gasteiger charge is -2.12. The number of aliphatic hydroxyl groups excluding tert-OH is 1. The number of hydrogen-bond donors (Lipinski definition) is 3. The number of carbonyl (C=O) groups is 3. The van der Waals surface area contributed by atoms with Crippen molar-refractivity contribution in [3.8, 4) is 11.3 Å². The summed E-state index contributed by atoms with van der Waals surface area (Å²) in [7, 11) is -2.26. The van der Waals surface area contributed by atoms with E-state index in [0.29, 0.717) is 38.8 Å². The average molecular weight is 723 g/mol. The van der Waals surface area contributed by atoms with E-state index in [1.165, 1.54) is 31.3 Å². The highest BCUT2D eigenvalue weighted by Crippen LogP contribution is 2.45. The van der Waals surface area contributed by atoms with Crippen LogP contribution < -0.4 is 10.0 Å². The first kappa shape index (κ1) is 37.4. The highest BCUT2D eigenvalue weighted by molar-refractivity contribution is 7.88. The van der Waals surface area contributed by atoms with E-state index in [4.69, 9.17) is 13.9 Å². The molecule has 1 amide bonds. The van der Waals surface area contributed by atoms with Crippen LogP contribution in [-0.2, 0) is 46.2 Å². The van der Waals surface area contributed by atoms with Crippen LogP contribution in [0.3, 0.4) is 0 Å². The fraction of sp³-hybridized carbons (Fsp3) is 0.324. The molecule has 0 saturated heterocycles. The van der Waals surface area contributed by atoms with Crippen LogP contribution in [0.1, 0.15) is 58.3 Å². The van der Waals surface area contributed by atoms with Gasteiger partial charge in [0.2, 0.25) is 10.0 Å². The maximum Gasteiger partial charge on any atom is 0.379 e. The van der Waals surface area contributed by atoms with Crippen LogP contribution in [0.25, 0.3) is 28.1 Å². The summed E-state index contributed by atoms with van der Waals surface area (Å²) < 4.78 is 64.3. The number of hydrogen-bond acceptors (Lipinski definition) is 10. The van der Waals surface area contributed by atoms with Crippen LogP contribution in [0.5, 0.6) is 0 Å². The molecule has 14 heteroatoms. The van der Waals surface area contributed by atoms with Crippen LogP contribution in [0.15, 0.2) is 71.2 Å². The van der Waals surface area contributed by atoms with Crippen molar-refractivity contribution < 1.29 is 50.9 Å². The molecule has 0 atom stereocenters. The van der Waals surface area contributed by atoms with Gasteiger partial charge in [0.15, 0.2) is 0 Å². The number of benzene rings is 3.